The Balaban J connectivity index is 2.39. The lowest BCUT2D eigenvalue weighted by molar-refractivity contribution is 0.0697. The first kappa shape index (κ1) is 13.3. The zero-order valence-electron chi connectivity index (χ0n) is 10.9. The van der Waals surface area contributed by atoms with Crippen LogP contribution in [0.2, 0.25) is 5.02 Å². The summed E-state index contributed by atoms with van der Waals surface area (Å²) in [5, 5.41) is 9.86. The van der Waals surface area contributed by atoms with E-state index in [2.05, 4.69) is 11.9 Å². The number of hydrogen-bond acceptors (Lipinski definition) is 2. The maximum Gasteiger partial charge on any atom is 0.336 e. The third-order valence-electron chi connectivity index (χ3n) is 3.85. The SMILES string of the molecule is CC1CCc2nc3cc(F)c(Cl)cc3c(C(=O)O)c2C1. The van der Waals surface area contributed by atoms with Crippen LogP contribution in [0.15, 0.2) is 12.1 Å². The number of aromatic nitrogens is 1. The molecule has 3 rings (SSSR count). The number of nitrogens with zero attached hydrogens (tertiary/aromatic N) is 1. The molecular formula is C15H13ClFNO2. The fourth-order valence-electron chi connectivity index (χ4n) is 2.85. The maximum absolute atomic E-state index is 13.6. The molecule has 1 atom stereocenters. The first-order valence-corrected chi connectivity index (χ1v) is 6.89. The molecule has 104 valence electrons. The zero-order valence-corrected chi connectivity index (χ0v) is 11.7. The highest BCUT2D eigenvalue weighted by Crippen LogP contribution is 2.33. The van der Waals surface area contributed by atoms with E-state index in [-0.39, 0.29) is 10.6 Å². The summed E-state index contributed by atoms with van der Waals surface area (Å²) in [6, 6.07) is 2.57. The second-order valence-corrected chi connectivity index (χ2v) is 5.76. The van der Waals surface area contributed by atoms with Crippen molar-refractivity contribution < 1.29 is 14.3 Å². The van der Waals surface area contributed by atoms with Gasteiger partial charge in [-0.25, -0.2) is 9.18 Å². The highest BCUT2D eigenvalue weighted by Gasteiger charge is 2.25. The van der Waals surface area contributed by atoms with Gasteiger partial charge in [0.15, 0.2) is 0 Å². The smallest absolute Gasteiger partial charge is 0.336 e. The third-order valence-corrected chi connectivity index (χ3v) is 4.14. The molecule has 1 N–H and O–H groups in total. The molecule has 3 nitrogen and oxygen atoms in total. The minimum atomic E-state index is -1.01. The van der Waals surface area contributed by atoms with Gasteiger partial charge in [0.1, 0.15) is 5.82 Å². The summed E-state index contributed by atoms with van der Waals surface area (Å²) in [6.07, 6.45) is 2.40. The van der Waals surface area contributed by atoms with Crippen molar-refractivity contribution in [3.8, 4) is 0 Å². The van der Waals surface area contributed by atoms with Gasteiger partial charge < -0.3 is 5.11 Å². The second kappa shape index (κ2) is 4.70. The van der Waals surface area contributed by atoms with E-state index >= 15 is 0 Å². The molecule has 0 saturated heterocycles. The summed E-state index contributed by atoms with van der Waals surface area (Å²) < 4.78 is 13.6. The fourth-order valence-corrected chi connectivity index (χ4v) is 3.02. The molecule has 0 aliphatic heterocycles. The number of rotatable bonds is 1. The van der Waals surface area contributed by atoms with E-state index in [0.29, 0.717) is 23.2 Å². The van der Waals surface area contributed by atoms with Crippen LogP contribution in [0.4, 0.5) is 4.39 Å². The number of aryl methyl sites for hydroxylation is 1. The Labute approximate surface area is 120 Å². The first-order valence-electron chi connectivity index (χ1n) is 6.51. The van der Waals surface area contributed by atoms with Crippen LogP contribution in [0.3, 0.4) is 0 Å². The Kier molecular flexibility index (Phi) is 3.13. The van der Waals surface area contributed by atoms with E-state index in [1.165, 1.54) is 12.1 Å². The molecule has 1 unspecified atom stereocenters. The number of hydrogen-bond donors (Lipinski definition) is 1. The van der Waals surface area contributed by atoms with Crippen molar-refractivity contribution in [1.29, 1.82) is 0 Å². The molecule has 0 fully saturated rings. The van der Waals surface area contributed by atoms with Crippen LogP contribution in [-0.4, -0.2) is 16.1 Å². The van der Waals surface area contributed by atoms with E-state index in [9.17, 15) is 14.3 Å². The average molecular weight is 294 g/mol. The van der Waals surface area contributed by atoms with Gasteiger partial charge in [-0.1, -0.05) is 18.5 Å². The summed E-state index contributed by atoms with van der Waals surface area (Å²) in [5.74, 6) is -1.16. The van der Waals surface area contributed by atoms with E-state index < -0.39 is 11.8 Å². The predicted molar refractivity (Wildman–Crippen MR) is 74.9 cm³/mol. The molecule has 1 aromatic carbocycles. The molecular weight excluding hydrogens is 281 g/mol. The molecule has 5 heteroatoms. The molecule has 2 aromatic rings. The normalized spacial score (nSPS) is 18.1. The number of halogens is 2. The quantitative estimate of drug-likeness (QED) is 0.869. The molecule has 1 aromatic heterocycles. The lowest BCUT2D eigenvalue weighted by Gasteiger charge is -2.23. The highest BCUT2D eigenvalue weighted by molar-refractivity contribution is 6.31. The third kappa shape index (κ3) is 2.04. The number of carboxylic acid groups (broad SMARTS) is 1. The molecule has 1 aliphatic rings. The number of pyridine rings is 1. The molecule has 0 amide bonds. The second-order valence-electron chi connectivity index (χ2n) is 5.35. The van der Waals surface area contributed by atoms with E-state index in [4.69, 9.17) is 11.6 Å². The van der Waals surface area contributed by atoms with E-state index in [0.717, 1.165) is 24.1 Å². The predicted octanol–water partition coefficient (Wildman–Crippen LogP) is 3.85. The highest BCUT2D eigenvalue weighted by atomic mass is 35.5. The van der Waals surface area contributed by atoms with Crippen molar-refractivity contribution in [1.82, 2.24) is 4.98 Å². The first-order chi connectivity index (χ1) is 9.47. The van der Waals surface area contributed by atoms with Crippen molar-refractivity contribution in [3.63, 3.8) is 0 Å². The van der Waals surface area contributed by atoms with E-state index in [1.807, 2.05) is 0 Å². The summed E-state index contributed by atoms with van der Waals surface area (Å²) in [4.78, 5) is 16.1. The Morgan fingerprint density at radius 2 is 2.25 bits per heavy atom. The van der Waals surface area contributed by atoms with E-state index in [1.54, 1.807) is 0 Å². The Morgan fingerprint density at radius 1 is 1.50 bits per heavy atom. The topological polar surface area (TPSA) is 50.2 Å². The van der Waals surface area contributed by atoms with Crippen LogP contribution < -0.4 is 0 Å². The lowest BCUT2D eigenvalue weighted by atomic mass is 9.84. The number of fused-ring (bicyclic) bond motifs is 2. The molecule has 1 aliphatic carbocycles. The van der Waals surface area contributed by atoms with Crippen molar-refractivity contribution in [3.05, 3.63) is 39.8 Å². The van der Waals surface area contributed by atoms with Crippen molar-refractivity contribution in [2.75, 3.05) is 0 Å². The van der Waals surface area contributed by atoms with Crippen LogP contribution in [-0.2, 0) is 12.8 Å². The zero-order chi connectivity index (χ0) is 14.4. The monoisotopic (exact) mass is 293 g/mol. The minimum absolute atomic E-state index is 0.0781. The summed E-state index contributed by atoms with van der Waals surface area (Å²) in [5.41, 5.74) is 2.12. The average Bonchev–Trinajstić information content (AvgIpc) is 2.37. The van der Waals surface area contributed by atoms with Gasteiger partial charge in [0.2, 0.25) is 0 Å². The Morgan fingerprint density at radius 3 is 2.95 bits per heavy atom. The van der Waals surface area contributed by atoms with Crippen molar-refractivity contribution in [2.24, 2.45) is 5.92 Å². The van der Waals surface area contributed by atoms with Gasteiger partial charge in [-0.3, -0.25) is 4.98 Å². The fraction of sp³-hybridized carbons (Fsp3) is 0.333. The number of benzene rings is 1. The van der Waals surface area contributed by atoms with Gasteiger partial charge in [0.05, 0.1) is 16.1 Å². The summed E-state index contributed by atoms with van der Waals surface area (Å²) in [6.45, 7) is 2.09. The molecule has 20 heavy (non-hydrogen) atoms. The summed E-state index contributed by atoms with van der Waals surface area (Å²) in [7, 11) is 0. The van der Waals surface area contributed by atoms with Gasteiger partial charge in [-0.2, -0.15) is 0 Å². The maximum atomic E-state index is 13.6. The van der Waals surface area contributed by atoms with Gasteiger partial charge in [0.25, 0.3) is 0 Å². The van der Waals surface area contributed by atoms with Crippen molar-refractivity contribution in [2.45, 2.75) is 26.2 Å². The number of aromatic carboxylic acids is 1. The Hall–Kier alpha value is -1.68. The standard InChI is InChI=1S/C15H13ClFNO2/c1-7-2-3-12-8(4-7)14(15(19)20)9-5-10(16)11(17)6-13(9)18-12/h5-7H,2-4H2,1H3,(H,19,20). The minimum Gasteiger partial charge on any atom is -0.478 e. The van der Waals surface area contributed by atoms with Crippen molar-refractivity contribution >= 4 is 28.5 Å². The number of carboxylic acids is 1. The largest absolute Gasteiger partial charge is 0.478 e. The van der Waals surface area contributed by atoms with Gasteiger partial charge in [0, 0.05) is 17.1 Å². The van der Waals surface area contributed by atoms with Crippen LogP contribution in [0, 0.1) is 11.7 Å². The van der Waals surface area contributed by atoms with Crippen LogP contribution >= 0.6 is 11.6 Å². The molecule has 0 spiro atoms. The molecule has 0 bridgehead atoms. The number of carbonyl (C=O) groups is 1. The van der Waals surface area contributed by atoms with Crippen LogP contribution in [0.5, 0.6) is 0 Å². The van der Waals surface area contributed by atoms with Gasteiger partial charge in [-0.05, 0) is 36.8 Å². The van der Waals surface area contributed by atoms with Gasteiger partial charge >= 0.3 is 5.97 Å². The van der Waals surface area contributed by atoms with Crippen LogP contribution in [0.1, 0.15) is 35.0 Å². The van der Waals surface area contributed by atoms with Crippen LogP contribution in [0.25, 0.3) is 10.9 Å². The summed E-state index contributed by atoms with van der Waals surface area (Å²) >= 11 is 5.78. The molecule has 0 saturated carbocycles. The lowest BCUT2D eigenvalue weighted by Crippen LogP contribution is -2.18. The molecule has 0 radical (unpaired) electrons. The molecule has 1 heterocycles. The Bertz CT molecular complexity index is 730. The van der Waals surface area contributed by atoms with Gasteiger partial charge in [-0.15, -0.1) is 0 Å².